The van der Waals surface area contributed by atoms with Crippen molar-refractivity contribution in [1.29, 1.82) is 0 Å². The SMILES string of the molecule is O=C(c1ccccc1F)N1CCC(N2CCCC2)CC1. The third-order valence-electron chi connectivity index (χ3n) is 4.51. The lowest BCUT2D eigenvalue weighted by molar-refractivity contribution is 0.0640. The van der Waals surface area contributed by atoms with Crippen LogP contribution in [0.3, 0.4) is 0 Å². The predicted octanol–water partition coefficient (Wildman–Crippen LogP) is 2.53. The summed E-state index contributed by atoms with van der Waals surface area (Å²) in [4.78, 5) is 16.7. The highest BCUT2D eigenvalue weighted by Gasteiger charge is 2.29. The van der Waals surface area contributed by atoms with Crippen LogP contribution in [0.15, 0.2) is 24.3 Å². The molecule has 2 fully saturated rings. The van der Waals surface area contributed by atoms with Gasteiger partial charge in [0, 0.05) is 19.1 Å². The van der Waals surface area contributed by atoms with Gasteiger partial charge in [-0.3, -0.25) is 4.79 Å². The molecule has 2 heterocycles. The third-order valence-corrected chi connectivity index (χ3v) is 4.51. The monoisotopic (exact) mass is 276 g/mol. The van der Waals surface area contributed by atoms with Crippen molar-refractivity contribution < 1.29 is 9.18 Å². The third kappa shape index (κ3) is 2.70. The number of amides is 1. The number of piperidine rings is 1. The first-order chi connectivity index (χ1) is 9.75. The topological polar surface area (TPSA) is 23.6 Å². The van der Waals surface area contributed by atoms with E-state index in [1.165, 1.54) is 32.0 Å². The quantitative estimate of drug-likeness (QED) is 0.828. The molecule has 0 radical (unpaired) electrons. The van der Waals surface area contributed by atoms with Gasteiger partial charge in [0.05, 0.1) is 5.56 Å². The van der Waals surface area contributed by atoms with Crippen LogP contribution in [-0.4, -0.2) is 47.9 Å². The molecule has 4 heteroatoms. The molecule has 2 aliphatic heterocycles. The molecule has 0 aromatic heterocycles. The van der Waals surface area contributed by atoms with Gasteiger partial charge in [0.1, 0.15) is 5.82 Å². The molecule has 0 bridgehead atoms. The Bertz CT molecular complexity index is 477. The van der Waals surface area contributed by atoms with Crippen LogP contribution >= 0.6 is 0 Å². The van der Waals surface area contributed by atoms with Gasteiger partial charge in [-0.2, -0.15) is 0 Å². The van der Waals surface area contributed by atoms with Gasteiger partial charge in [-0.15, -0.1) is 0 Å². The fourth-order valence-electron chi connectivity index (χ4n) is 3.35. The molecule has 0 aliphatic carbocycles. The van der Waals surface area contributed by atoms with Crippen molar-refractivity contribution in [3.8, 4) is 0 Å². The highest BCUT2D eigenvalue weighted by atomic mass is 19.1. The highest BCUT2D eigenvalue weighted by molar-refractivity contribution is 5.94. The summed E-state index contributed by atoms with van der Waals surface area (Å²) >= 11 is 0. The Balaban J connectivity index is 1.60. The zero-order valence-electron chi connectivity index (χ0n) is 11.7. The lowest BCUT2D eigenvalue weighted by atomic mass is 10.0. The fraction of sp³-hybridized carbons (Fsp3) is 0.562. The van der Waals surface area contributed by atoms with Crippen molar-refractivity contribution >= 4 is 5.91 Å². The zero-order chi connectivity index (χ0) is 13.9. The predicted molar refractivity (Wildman–Crippen MR) is 76.1 cm³/mol. The van der Waals surface area contributed by atoms with Gasteiger partial charge in [-0.05, 0) is 50.9 Å². The molecule has 0 N–H and O–H groups in total. The van der Waals surface area contributed by atoms with E-state index in [0.29, 0.717) is 6.04 Å². The molecule has 1 amide bonds. The van der Waals surface area contributed by atoms with Crippen molar-refractivity contribution in [2.75, 3.05) is 26.2 Å². The molecule has 0 spiro atoms. The number of benzene rings is 1. The molecule has 1 aromatic rings. The normalized spacial score (nSPS) is 21.4. The fourth-order valence-corrected chi connectivity index (χ4v) is 3.35. The molecule has 3 rings (SSSR count). The van der Waals surface area contributed by atoms with E-state index in [1.54, 1.807) is 23.1 Å². The van der Waals surface area contributed by atoms with E-state index < -0.39 is 5.82 Å². The van der Waals surface area contributed by atoms with E-state index in [0.717, 1.165) is 25.9 Å². The zero-order valence-corrected chi connectivity index (χ0v) is 11.7. The Morgan fingerprint density at radius 3 is 2.35 bits per heavy atom. The van der Waals surface area contributed by atoms with Crippen molar-refractivity contribution in [1.82, 2.24) is 9.80 Å². The second-order valence-corrected chi connectivity index (χ2v) is 5.75. The molecule has 108 valence electrons. The van der Waals surface area contributed by atoms with Crippen molar-refractivity contribution in [2.24, 2.45) is 0 Å². The van der Waals surface area contributed by atoms with E-state index >= 15 is 0 Å². The first-order valence-electron chi connectivity index (χ1n) is 7.53. The first-order valence-corrected chi connectivity index (χ1v) is 7.53. The smallest absolute Gasteiger partial charge is 0.256 e. The van der Waals surface area contributed by atoms with Gasteiger partial charge in [0.15, 0.2) is 0 Å². The minimum atomic E-state index is -0.417. The summed E-state index contributed by atoms with van der Waals surface area (Å²) in [5.74, 6) is -0.581. The second-order valence-electron chi connectivity index (χ2n) is 5.75. The molecule has 0 atom stereocenters. The first kappa shape index (κ1) is 13.6. The number of likely N-dealkylation sites (tertiary alicyclic amines) is 2. The number of hydrogen-bond acceptors (Lipinski definition) is 2. The minimum Gasteiger partial charge on any atom is -0.338 e. The molecule has 2 saturated heterocycles. The van der Waals surface area contributed by atoms with E-state index in [2.05, 4.69) is 4.90 Å². The Morgan fingerprint density at radius 2 is 1.70 bits per heavy atom. The van der Waals surface area contributed by atoms with Gasteiger partial charge in [-0.25, -0.2) is 4.39 Å². The lowest BCUT2D eigenvalue weighted by Crippen LogP contribution is -2.46. The summed E-state index contributed by atoms with van der Waals surface area (Å²) in [7, 11) is 0. The Hall–Kier alpha value is -1.42. The summed E-state index contributed by atoms with van der Waals surface area (Å²) in [5, 5.41) is 0. The van der Waals surface area contributed by atoms with Crippen LogP contribution in [0.1, 0.15) is 36.0 Å². The molecule has 0 saturated carbocycles. The van der Waals surface area contributed by atoms with E-state index in [1.807, 2.05) is 0 Å². The summed E-state index contributed by atoms with van der Waals surface area (Å²) in [5.41, 5.74) is 0.201. The van der Waals surface area contributed by atoms with Gasteiger partial charge < -0.3 is 9.80 Å². The lowest BCUT2D eigenvalue weighted by Gasteiger charge is -2.36. The van der Waals surface area contributed by atoms with Crippen molar-refractivity contribution in [3.63, 3.8) is 0 Å². The average Bonchev–Trinajstić information content (AvgIpc) is 3.01. The van der Waals surface area contributed by atoms with Gasteiger partial charge >= 0.3 is 0 Å². The Kier molecular flexibility index (Phi) is 4.01. The Morgan fingerprint density at radius 1 is 1.05 bits per heavy atom. The van der Waals surface area contributed by atoms with Crippen LogP contribution in [0.25, 0.3) is 0 Å². The molecule has 3 nitrogen and oxygen atoms in total. The summed E-state index contributed by atoms with van der Waals surface area (Å²) in [6.45, 7) is 3.89. The molecule has 20 heavy (non-hydrogen) atoms. The molecule has 1 aromatic carbocycles. The maximum atomic E-state index is 13.7. The van der Waals surface area contributed by atoms with Gasteiger partial charge in [0.25, 0.3) is 5.91 Å². The standard InChI is InChI=1S/C16H21FN2O/c17-15-6-2-1-5-14(15)16(20)19-11-7-13(8-12-19)18-9-3-4-10-18/h1-2,5-6,13H,3-4,7-12H2. The summed E-state index contributed by atoms with van der Waals surface area (Å²) in [6.07, 6.45) is 4.63. The summed E-state index contributed by atoms with van der Waals surface area (Å²) < 4.78 is 13.7. The van der Waals surface area contributed by atoms with Gasteiger partial charge in [0.2, 0.25) is 0 Å². The largest absolute Gasteiger partial charge is 0.338 e. The minimum absolute atomic E-state index is 0.164. The highest BCUT2D eigenvalue weighted by Crippen LogP contribution is 2.22. The number of halogens is 1. The number of carbonyl (C=O) groups is 1. The van der Waals surface area contributed by atoms with Crippen LogP contribution in [0.2, 0.25) is 0 Å². The average molecular weight is 276 g/mol. The van der Waals surface area contributed by atoms with Gasteiger partial charge in [-0.1, -0.05) is 12.1 Å². The van der Waals surface area contributed by atoms with Crippen LogP contribution < -0.4 is 0 Å². The number of nitrogens with zero attached hydrogens (tertiary/aromatic N) is 2. The maximum Gasteiger partial charge on any atom is 0.256 e. The molecule has 0 unspecified atom stereocenters. The van der Waals surface area contributed by atoms with E-state index in [9.17, 15) is 9.18 Å². The van der Waals surface area contributed by atoms with Crippen LogP contribution in [0.4, 0.5) is 4.39 Å². The van der Waals surface area contributed by atoms with Crippen LogP contribution in [0, 0.1) is 5.82 Å². The van der Waals surface area contributed by atoms with E-state index in [-0.39, 0.29) is 11.5 Å². The number of hydrogen-bond donors (Lipinski definition) is 0. The summed E-state index contributed by atoms with van der Waals surface area (Å²) in [6, 6.07) is 6.87. The molecule has 2 aliphatic rings. The Labute approximate surface area is 119 Å². The molecular formula is C16H21FN2O. The van der Waals surface area contributed by atoms with E-state index in [4.69, 9.17) is 0 Å². The van der Waals surface area contributed by atoms with Crippen molar-refractivity contribution in [3.05, 3.63) is 35.6 Å². The molecular weight excluding hydrogens is 255 g/mol. The van der Waals surface area contributed by atoms with Crippen LogP contribution in [0.5, 0.6) is 0 Å². The second kappa shape index (κ2) is 5.92. The van der Waals surface area contributed by atoms with Crippen molar-refractivity contribution in [2.45, 2.75) is 31.7 Å². The van der Waals surface area contributed by atoms with Crippen LogP contribution in [-0.2, 0) is 0 Å². The number of rotatable bonds is 2. The number of carbonyl (C=O) groups excluding carboxylic acids is 1. The maximum absolute atomic E-state index is 13.7.